The minimum atomic E-state index is 0.144. The summed E-state index contributed by atoms with van der Waals surface area (Å²) in [7, 11) is 0. The van der Waals surface area contributed by atoms with Gasteiger partial charge in [-0.05, 0) is 25.1 Å². The van der Waals surface area contributed by atoms with Gasteiger partial charge in [0.2, 0.25) is 0 Å². The third-order valence-electron chi connectivity index (χ3n) is 3.17. The average Bonchev–Trinajstić information content (AvgIpc) is 2.44. The van der Waals surface area contributed by atoms with Crippen molar-refractivity contribution >= 4 is 23.1 Å². The molecule has 3 aromatic rings. The van der Waals surface area contributed by atoms with E-state index >= 15 is 0 Å². The van der Waals surface area contributed by atoms with Crippen LogP contribution < -0.4 is 0 Å². The third kappa shape index (κ3) is 2.00. The summed E-state index contributed by atoms with van der Waals surface area (Å²) in [4.78, 5) is 4.42. The Kier molecular flexibility index (Phi) is 2.80. The first kappa shape index (κ1) is 11.9. The zero-order valence-corrected chi connectivity index (χ0v) is 11.2. The van der Waals surface area contributed by atoms with E-state index in [1.165, 1.54) is 0 Å². The molecule has 0 fully saturated rings. The number of hydrogen-bond donors (Lipinski definition) is 1. The molecule has 0 unspecified atom stereocenters. The van der Waals surface area contributed by atoms with Crippen LogP contribution in [-0.2, 0) is 0 Å². The standard InChI is InChI=1S/C15H12N2OS/c1-10-15(18)14(19)6-7-17(10)12-8-11-4-2-3-5-13(11)16-9-12/h2-9,18H,1H3. The number of aromatic hydroxyl groups is 1. The summed E-state index contributed by atoms with van der Waals surface area (Å²) in [6.07, 6.45) is 3.64. The fraction of sp³-hybridized carbons (Fsp3) is 0.0667. The Morgan fingerprint density at radius 2 is 2.00 bits per heavy atom. The maximum atomic E-state index is 9.92. The Balaban J connectivity index is 2.25. The van der Waals surface area contributed by atoms with Crippen LogP contribution in [0.4, 0.5) is 0 Å². The fourth-order valence-corrected chi connectivity index (χ4v) is 2.30. The molecule has 0 saturated heterocycles. The average molecular weight is 268 g/mol. The number of benzene rings is 1. The van der Waals surface area contributed by atoms with Crippen molar-refractivity contribution in [1.82, 2.24) is 9.55 Å². The predicted octanol–water partition coefficient (Wildman–Crippen LogP) is 3.77. The molecule has 0 radical (unpaired) electrons. The Morgan fingerprint density at radius 3 is 2.84 bits per heavy atom. The summed E-state index contributed by atoms with van der Waals surface area (Å²) in [5.74, 6) is 0.144. The van der Waals surface area contributed by atoms with Crippen LogP contribution in [0.25, 0.3) is 16.6 Å². The molecule has 3 nitrogen and oxygen atoms in total. The molecule has 0 aliphatic heterocycles. The van der Waals surface area contributed by atoms with E-state index in [0.717, 1.165) is 16.6 Å². The van der Waals surface area contributed by atoms with Crippen molar-refractivity contribution in [2.75, 3.05) is 0 Å². The van der Waals surface area contributed by atoms with Crippen molar-refractivity contribution in [3.05, 3.63) is 59.0 Å². The van der Waals surface area contributed by atoms with E-state index in [2.05, 4.69) is 4.98 Å². The molecule has 0 saturated carbocycles. The summed E-state index contributed by atoms with van der Waals surface area (Å²) >= 11 is 5.05. The van der Waals surface area contributed by atoms with Gasteiger partial charge < -0.3 is 9.67 Å². The maximum Gasteiger partial charge on any atom is 0.153 e. The van der Waals surface area contributed by atoms with Gasteiger partial charge in [-0.2, -0.15) is 0 Å². The molecule has 0 aliphatic carbocycles. The van der Waals surface area contributed by atoms with Gasteiger partial charge in [-0.3, -0.25) is 4.98 Å². The fourth-order valence-electron chi connectivity index (χ4n) is 2.10. The van der Waals surface area contributed by atoms with E-state index in [0.29, 0.717) is 10.2 Å². The molecule has 2 heterocycles. The SMILES string of the molecule is Cc1c(O)c(=S)ccn1-c1cnc2ccccc2c1. The molecule has 94 valence electrons. The molecule has 0 spiro atoms. The topological polar surface area (TPSA) is 38.0 Å². The Morgan fingerprint density at radius 1 is 1.21 bits per heavy atom. The summed E-state index contributed by atoms with van der Waals surface area (Å²) in [6.45, 7) is 1.83. The van der Waals surface area contributed by atoms with Gasteiger partial charge in [0.05, 0.1) is 27.6 Å². The second kappa shape index (κ2) is 4.48. The summed E-state index contributed by atoms with van der Waals surface area (Å²) in [5.41, 5.74) is 2.57. The molecule has 4 heteroatoms. The van der Waals surface area contributed by atoms with Crippen LogP contribution in [0.5, 0.6) is 5.75 Å². The van der Waals surface area contributed by atoms with Gasteiger partial charge in [0, 0.05) is 11.6 Å². The summed E-state index contributed by atoms with van der Waals surface area (Å²) in [6, 6.07) is 11.7. The highest BCUT2D eigenvalue weighted by molar-refractivity contribution is 7.71. The molecule has 0 amide bonds. The first-order valence-electron chi connectivity index (χ1n) is 5.93. The third-order valence-corrected chi connectivity index (χ3v) is 3.50. The monoisotopic (exact) mass is 268 g/mol. The lowest BCUT2D eigenvalue weighted by Crippen LogP contribution is -2.00. The molecule has 19 heavy (non-hydrogen) atoms. The Bertz CT molecular complexity index is 824. The van der Waals surface area contributed by atoms with Crippen LogP contribution in [0.1, 0.15) is 5.69 Å². The summed E-state index contributed by atoms with van der Waals surface area (Å²) in [5, 5.41) is 11.0. The van der Waals surface area contributed by atoms with Gasteiger partial charge in [0.15, 0.2) is 5.75 Å². The van der Waals surface area contributed by atoms with E-state index in [1.807, 2.05) is 48.0 Å². The van der Waals surface area contributed by atoms with E-state index in [-0.39, 0.29) is 5.75 Å². The Hall–Kier alpha value is -2.20. The minimum absolute atomic E-state index is 0.144. The van der Waals surface area contributed by atoms with Crippen LogP contribution in [0.2, 0.25) is 0 Å². The molecular formula is C15H12N2OS. The minimum Gasteiger partial charge on any atom is -0.505 e. The number of rotatable bonds is 1. The van der Waals surface area contributed by atoms with Gasteiger partial charge in [0.25, 0.3) is 0 Å². The van der Waals surface area contributed by atoms with Crippen LogP contribution in [0.3, 0.4) is 0 Å². The van der Waals surface area contributed by atoms with Crippen LogP contribution in [0, 0.1) is 11.4 Å². The van der Waals surface area contributed by atoms with Gasteiger partial charge in [-0.25, -0.2) is 0 Å². The van der Waals surface area contributed by atoms with Gasteiger partial charge >= 0.3 is 0 Å². The van der Waals surface area contributed by atoms with E-state index in [1.54, 1.807) is 12.3 Å². The van der Waals surface area contributed by atoms with Gasteiger partial charge in [-0.1, -0.05) is 30.4 Å². The van der Waals surface area contributed by atoms with Gasteiger partial charge in [0.1, 0.15) is 0 Å². The number of para-hydroxylation sites is 1. The first-order valence-corrected chi connectivity index (χ1v) is 6.34. The van der Waals surface area contributed by atoms with Crippen LogP contribution in [0.15, 0.2) is 48.8 Å². The van der Waals surface area contributed by atoms with Crippen molar-refractivity contribution in [1.29, 1.82) is 0 Å². The second-order valence-electron chi connectivity index (χ2n) is 4.37. The van der Waals surface area contributed by atoms with Crippen molar-refractivity contribution in [2.45, 2.75) is 6.92 Å². The molecule has 1 N–H and O–H groups in total. The smallest absolute Gasteiger partial charge is 0.153 e. The molecule has 1 aromatic carbocycles. The lowest BCUT2D eigenvalue weighted by Gasteiger charge is -2.12. The number of fused-ring (bicyclic) bond motifs is 1. The van der Waals surface area contributed by atoms with E-state index in [4.69, 9.17) is 12.2 Å². The van der Waals surface area contributed by atoms with Crippen LogP contribution >= 0.6 is 12.2 Å². The van der Waals surface area contributed by atoms with Crippen LogP contribution in [-0.4, -0.2) is 14.7 Å². The molecule has 0 aliphatic rings. The number of pyridine rings is 2. The normalized spacial score (nSPS) is 10.8. The zero-order valence-electron chi connectivity index (χ0n) is 10.4. The van der Waals surface area contributed by atoms with Crippen molar-refractivity contribution in [3.8, 4) is 11.4 Å². The Labute approximate surface area is 115 Å². The highest BCUT2D eigenvalue weighted by atomic mass is 32.1. The maximum absolute atomic E-state index is 9.92. The highest BCUT2D eigenvalue weighted by Crippen LogP contribution is 2.22. The van der Waals surface area contributed by atoms with Crippen molar-refractivity contribution in [3.63, 3.8) is 0 Å². The summed E-state index contributed by atoms with van der Waals surface area (Å²) < 4.78 is 2.34. The van der Waals surface area contributed by atoms with Crippen molar-refractivity contribution < 1.29 is 5.11 Å². The number of hydrogen-bond acceptors (Lipinski definition) is 3. The molecule has 0 bridgehead atoms. The number of nitrogens with zero attached hydrogens (tertiary/aromatic N) is 2. The molecule has 3 rings (SSSR count). The largest absolute Gasteiger partial charge is 0.505 e. The quantitative estimate of drug-likeness (QED) is 0.683. The number of aromatic nitrogens is 2. The van der Waals surface area contributed by atoms with E-state index in [9.17, 15) is 5.11 Å². The lowest BCUT2D eigenvalue weighted by molar-refractivity contribution is 0.463. The van der Waals surface area contributed by atoms with Gasteiger partial charge in [-0.15, -0.1) is 0 Å². The second-order valence-corrected chi connectivity index (χ2v) is 4.81. The zero-order chi connectivity index (χ0) is 13.4. The highest BCUT2D eigenvalue weighted by Gasteiger charge is 2.06. The molecule has 2 aromatic heterocycles. The molecular weight excluding hydrogens is 256 g/mol. The van der Waals surface area contributed by atoms with E-state index < -0.39 is 0 Å². The molecule has 0 atom stereocenters. The predicted molar refractivity (Wildman–Crippen MR) is 78.3 cm³/mol. The first-order chi connectivity index (χ1) is 9.16. The lowest BCUT2D eigenvalue weighted by atomic mass is 10.2. The van der Waals surface area contributed by atoms with Crippen molar-refractivity contribution in [2.24, 2.45) is 0 Å².